The average Bonchev–Trinajstić information content (AvgIpc) is 2.39. The number of rotatable bonds is 4. The minimum absolute atomic E-state index is 0.0269. The molecule has 0 unspecified atom stereocenters. The maximum Gasteiger partial charge on any atom is 0.273 e. The molecule has 0 aromatic heterocycles. The summed E-state index contributed by atoms with van der Waals surface area (Å²) < 4.78 is 5.52. The predicted octanol–water partition coefficient (Wildman–Crippen LogP) is 4.78. The summed E-state index contributed by atoms with van der Waals surface area (Å²) in [5, 5.41) is 11.2. The standard InChI is InChI=1S/C13H9Cl2NO3/c14-8-9-4-5-12(7-13(9)15)19-11-3-1-2-10(6-11)16(17)18/h1-7H,8H2. The van der Waals surface area contributed by atoms with Gasteiger partial charge in [0.15, 0.2) is 0 Å². The lowest BCUT2D eigenvalue weighted by Crippen LogP contribution is -1.90. The third-order valence-corrected chi connectivity index (χ3v) is 3.07. The zero-order chi connectivity index (χ0) is 13.8. The molecule has 4 nitrogen and oxygen atoms in total. The number of benzene rings is 2. The van der Waals surface area contributed by atoms with Gasteiger partial charge >= 0.3 is 0 Å². The van der Waals surface area contributed by atoms with E-state index in [9.17, 15) is 10.1 Å². The molecule has 2 rings (SSSR count). The Morgan fingerprint density at radius 2 is 1.89 bits per heavy atom. The molecule has 98 valence electrons. The van der Waals surface area contributed by atoms with Crippen molar-refractivity contribution in [1.29, 1.82) is 0 Å². The highest BCUT2D eigenvalue weighted by Gasteiger charge is 2.08. The molecule has 0 atom stereocenters. The lowest BCUT2D eigenvalue weighted by Gasteiger charge is -2.07. The molecule has 0 N–H and O–H groups in total. The van der Waals surface area contributed by atoms with Gasteiger partial charge in [0.2, 0.25) is 0 Å². The Morgan fingerprint density at radius 1 is 1.16 bits per heavy atom. The van der Waals surface area contributed by atoms with Crippen LogP contribution in [0.4, 0.5) is 5.69 Å². The fraction of sp³-hybridized carbons (Fsp3) is 0.0769. The summed E-state index contributed by atoms with van der Waals surface area (Å²) >= 11 is 11.7. The number of non-ortho nitro benzene ring substituents is 1. The zero-order valence-electron chi connectivity index (χ0n) is 9.68. The summed E-state index contributed by atoms with van der Waals surface area (Å²) in [5.74, 6) is 1.19. The Kier molecular flexibility index (Phi) is 4.24. The van der Waals surface area contributed by atoms with Crippen LogP contribution in [0.1, 0.15) is 5.56 Å². The van der Waals surface area contributed by atoms with E-state index in [4.69, 9.17) is 27.9 Å². The van der Waals surface area contributed by atoms with Crippen molar-refractivity contribution in [2.45, 2.75) is 5.88 Å². The van der Waals surface area contributed by atoms with Crippen LogP contribution in [0, 0.1) is 10.1 Å². The van der Waals surface area contributed by atoms with E-state index in [1.54, 1.807) is 30.3 Å². The molecule has 0 amide bonds. The van der Waals surface area contributed by atoms with Gasteiger partial charge in [0.05, 0.1) is 11.0 Å². The van der Waals surface area contributed by atoms with E-state index >= 15 is 0 Å². The van der Waals surface area contributed by atoms with Crippen molar-refractivity contribution < 1.29 is 9.66 Å². The molecular formula is C13H9Cl2NO3. The van der Waals surface area contributed by atoms with Crippen LogP contribution < -0.4 is 4.74 Å². The maximum absolute atomic E-state index is 10.7. The van der Waals surface area contributed by atoms with E-state index in [1.807, 2.05) is 0 Å². The predicted molar refractivity (Wildman–Crippen MR) is 74.2 cm³/mol. The Labute approximate surface area is 119 Å². The first-order chi connectivity index (χ1) is 9.10. The number of nitrogens with zero attached hydrogens (tertiary/aromatic N) is 1. The Hall–Kier alpha value is -1.78. The van der Waals surface area contributed by atoms with Crippen LogP contribution >= 0.6 is 23.2 Å². The molecule has 0 fully saturated rings. The fourth-order valence-corrected chi connectivity index (χ4v) is 2.04. The number of alkyl halides is 1. The molecule has 0 aliphatic rings. The summed E-state index contributed by atoms with van der Waals surface area (Å²) in [5.41, 5.74) is 0.774. The van der Waals surface area contributed by atoms with E-state index in [0.29, 0.717) is 22.4 Å². The number of nitro groups is 1. The number of halogens is 2. The number of nitro benzene ring substituents is 1. The molecule has 0 heterocycles. The lowest BCUT2D eigenvalue weighted by molar-refractivity contribution is -0.384. The third-order valence-electron chi connectivity index (χ3n) is 2.43. The molecule has 19 heavy (non-hydrogen) atoms. The van der Waals surface area contributed by atoms with Crippen LogP contribution in [-0.4, -0.2) is 4.92 Å². The number of hydrogen-bond acceptors (Lipinski definition) is 3. The van der Waals surface area contributed by atoms with E-state index in [0.717, 1.165) is 5.56 Å². The molecule has 0 bridgehead atoms. The van der Waals surface area contributed by atoms with Gasteiger partial charge in [-0.2, -0.15) is 0 Å². The van der Waals surface area contributed by atoms with Crippen molar-refractivity contribution in [3.8, 4) is 11.5 Å². The van der Waals surface area contributed by atoms with E-state index in [1.165, 1.54) is 12.1 Å². The molecule has 2 aromatic rings. The first-order valence-electron chi connectivity index (χ1n) is 5.37. The van der Waals surface area contributed by atoms with Crippen LogP contribution in [0.5, 0.6) is 11.5 Å². The monoisotopic (exact) mass is 297 g/mol. The summed E-state index contributed by atoms with van der Waals surface area (Å²) in [4.78, 5) is 10.2. The van der Waals surface area contributed by atoms with Gasteiger partial charge < -0.3 is 4.74 Å². The molecule has 0 spiro atoms. The lowest BCUT2D eigenvalue weighted by atomic mass is 10.2. The van der Waals surface area contributed by atoms with Gasteiger partial charge in [-0.1, -0.05) is 23.7 Å². The Balaban J connectivity index is 2.23. The summed E-state index contributed by atoms with van der Waals surface area (Å²) in [6.07, 6.45) is 0. The first-order valence-corrected chi connectivity index (χ1v) is 6.28. The van der Waals surface area contributed by atoms with Gasteiger partial charge in [-0.25, -0.2) is 0 Å². The number of hydrogen-bond donors (Lipinski definition) is 0. The van der Waals surface area contributed by atoms with Gasteiger partial charge in [-0.3, -0.25) is 10.1 Å². The van der Waals surface area contributed by atoms with Crippen LogP contribution in [-0.2, 0) is 5.88 Å². The Morgan fingerprint density at radius 3 is 2.53 bits per heavy atom. The summed E-state index contributed by atoms with van der Waals surface area (Å²) in [7, 11) is 0. The van der Waals surface area contributed by atoms with Crippen molar-refractivity contribution in [3.63, 3.8) is 0 Å². The molecule has 0 saturated carbocycles. The summed E-state index contributed by atoms with van der Waals surface area (Å²) in [6, 6.07) is 11.0. The molecular weight excluding hydrogens is 289 g/mol. The molecule has 0 aliphatic heterocycles. The molecule has 0 aliphatic carbocycles. The van der Waals surface area contributed by atoms with Crippen molar-refractivity contribution >= 4 is 28.9 Å². The molecule has 2 aromatic carbocycles. The maximum atomic E-state index is 10.7. The SMILES string of the molecule is O=[N+]([O-])c1cccc(Oc2ccc(CCl)c(Cl)c2)c1. The van der Waals surface area contributed by atoms with Gasteiger partial charge in [0.1, 0.15) is 11.5 Å². The van der Waals surface area contributed by atoms with Crippen molar-refractivity contribution in [2.24, 2.45) is 0 Å². The van der Waals surface area contributed by atoms with Crippen LogP contribution in [0.15, 0.2) is 42.5 Å². The van der Waals surface area contributed by atoms with Gasteiger partial charge in [-0.05, 0) is 23.8 Å². The minimum atomic E-state index is -0.476. The van der Waals surface area contributed by atoms with Gasteiger partial charge in [0.25, 0.3) is 5.69 Å². The van der Waals surface area contributed by atoms with E-state index < -0.39 is 4.92 Å². The topological polar surface area (TPSA) is 52.4 Å². The van der Waals surface area contributed by atoms with Crippen molar-refractivity contribution in [1.82, 2.24) is 0 Å². The van der Waals surface area contributed by atoms with Crippen molar-refractivity contribution in [3.05, 3.63) is 63.2 Å². The largest absolute Gasteiger partial charge is 0.457 e. The highest BCUT2D eigenvalue weighted by atomic mass is 35.5. The normalized spacial score (nSPS) is 10.2. The molecule has 6 heteroatoms. The van der Waals surface area contributed by atoms with E-state index in [-0.39, 0.29) is 5.69 Å². The highest BCUT2D eigenvalue weighted by molar-refractivity contribution is 6.32. The van der Waals surface area contributed by atoms with Crippen LogP contribution in [0.25, 0.3) is 0 Å². The van der Waals surface area contributed by atoms with Crippen molar-refractivity contribution in [2.75, 3.05) is 0 Å². The van der Waals surface area contributed by atoms with Gasteiger partial charge in [-0.15, -0.1) is 11.6 Å². The Bertz CT molecular complexity index is 617. The van der Waals surface area contributed by atoms with Gasteiger partial charge in [0, 0.05) is 17.0 Å². The highest BCUT2D eigenvalue weighted by Crippen LogP contribution is 2.29. The smallest absolute Gasteiger partial charge is 0.273 e. The van der Waals surface area contributed by atoms with Crippen LogP contribution in [0.3, 0.4) is 0 Å². The quantitative estimate of drug-likeness (QED) is 0.463. The molecule has 0 radical (unpaired) electrons. The summed E-state index contributed by atoms with van der Waals surface area (Å²) in [6.45, 7) is 0. The van der Waals surface area contributed by atoms with E-state index in [2.05, 4.69) is 0 Å². The average molecular weight is 298 g/mol. The number of ether oxygens (including phenoxy) is 1. The first kappa shape index (κ1) is 13.6. The fourth-order valence-electron chi connectivity index (χ4n) is 1.50. The zero-order valence-corrected chi connectivity index (χ0v) is 11.2. The second-order valence-electron chi connectivity index (χ2n) is 3.74. The third kappa shape index (κ3) is 3.36. The van der Waals surface area contributed by atoms with Crippen LogP contribution in [0.2, 0.25) is 5.02 Å². The molecule has 0 saturated heterocycles. The minimum Gasteiger partial charge on any atom is -0.457 e. The second-order valence-corrected chi connectivity index (χ2v) is 4.42. The second kappa shape index (κ2) is 5.91.